The molecule has 1 rings (SSSR count). The highest BCUT2D eigenvalue weighted by atomic mass is 35.5. The second-order valence-corrected chi connectivity index (χ2v) is 9.98. The monoisotopic (exact) mass is 554 g/mol. The number of allylic oxidation sites excluding steroid dienone is 4. The van der Waals surface area contributed by atoms with E-state index in [0.29, 0.717) is 0 Å². The van der Waals surface area contributed by atoms with Gasteiger partial charge in [0.05, 0.1) is 0 Å². The van der Waals surface area contributed by atoms with Gasteiger partial charge >= 0.3 is 0 Å². The molecule has 222 valence electrons. The zero-order valence-corrected chi connectivity index (χ0v) is 28.2. The lowest BCUT2D eigenvalue weighted by Gasteiger charge is -2.10. The van der Waals surface area contributed by atoms with Crippen molar-refractivity contribution < 1.29 is 0 Å². The number of aryl methyl sites for hydroxylation is 1. The van der Waals surface area contributed by atoms with Crippen LogP contribution in [0.15, 0.2) is 61.7 Å². The third kappa shape index (κ3) is 27.1. The lowest BCUT2D eigenvalue weighted by atomic mass is 9.96. The Hall–Kier alpha value is -2.23. The predicted octanol–water partition coefficient (Wildman–Crippen LogP) is 13.9. The van der Waals surface area contributed by atoms with Crippen LogP contribution in [0.3, 0.4) is 0 Å². The molecule has 39 heavy (non-hydrogen) atoms. The summed E-state index contributed by atoms with van der Waals surface area (Å²) < 4.78 is 0. The molecule has 0 aromatic heterocycles. The third-order valence-corrected chi connectivity index (χ3v) is 6.35. The van der Waals surface area contributed by atoms with Crippen molar-refractivity contribution >= 4 is 23.8 Å². The Bertz CT molecular complexity index is 783. The first-order valence-electron chi connectivity index (χ1n) is 15.0. The van der Waals surface area contributed by atoms with Gasteiger partial charge in [0.1, 0.15) is 0 Å². The smallest absolute Gasteiger partial charge is 0.0481 e. The van der Waals surface area contributed by atoms with Crippen LogP contribution < -0.4 is 0 Å². The Kier molecular flexibility index (Phi) is 38.0. The molecule has 1 aromatic rings. The van der Waals surface area contributed by atoms with Crippen LogP contribution in [0.25, 0.3) is 12.2 Å². The van der Waals surface area contributed by atoms with E-state index < -0.39 is 0 Å². The average Bonchev–Trinajstić information content (AvgIpc) is 2.95. The van der Waals surface area contributed by atoms with Gasteiger partial charge < -0.3 is 0 Å². The Labute approximate surface area is 251 Å². The van der Waals surface area contributed by atoms with Gasteiger partial charge in [-0.15, -0.1) is 19.6 Å². The standard InChI is InChI=1S/C16H26.C11H11Cl.C5H12.C4H10.C2H4/c1-6-10-14(4)12-9-13-16(11-7-2)15(5)8-3;1-4-9-7-10(5-2)11(12)6-8(9)3;1-3-5-4-2;1-3-4-2;1-2/h3,7,11,14H,6,9-10,12-13H2,1-2,4-5H3;4-7H,1-2H2,3H3;3-5H2,1-2H3;3-4H2,1-2H3;1-2H2/b11-7-,16-15-;;;;. The van der Waals surface area contributed by atoms with Crippen LogP contribution in [0.5, 0.6) is 0 Å². The van der Waals surface area contributed by atoms with Crippen LogP contribution in [-0.4, -0.2) is 0 Å². The minimum absolute atomic E-state index is 0.744. The number of terminal acetylenes is 1. The highest BCUT2D eigenvalue weighted by Gasteiger charge is 2.03. The summed E-state index contributed by atoms with van der Waals surface area (Å²) in [5, 5.41) is 0.744. The van der Waals surface area contributed by atoms with Crippen molar-refractivity contribution in [2.24, 2.45) is 5.92 Å². The summed E-state index contributed by atoms with van der Waals surface area (Å²) in [6.07, 6.45) is 26.3. The van der Waals surface area contributed by atoms with Gasteiger partial charge in [-0.05, 0) is 73.9 Å². The number of rotatable bonds is 12. The molecular formula is C38H63Cl. The van der Waals surface area contributed by atoms with Crippen LogP contribution in [0.1, 0.15) is 136 Å². The molecule has 0 aliphatic carbocycles. The summed E-state index contributed by atoms with van der Waals surface area (Å²) in [5.41, 5.74) is 5.61. The first-order valence-corrected chi connectivity index (χ1v) is 15.4. The van der Waals surface area contributed by atoms with Crippen molar-refractivity contribution in [1.29, 1.82) is 0 Å². The number of halogens is 1. The Balaban J connectivity index is -0.000000232. The van der Waals surface area contributed by atoms with E-state index in [1.54, 1.807) is 6.08 Å². The average molecular weight is 555 g/mol. The number of hydrogen-bond acceptors (Lipinski definition) is 0. The molecule has 0 radical (unpaired) electrons. The predicted molar refractivity (Wildman–Crippen MR) is 188 cm³/mol. The second-order valence-electron chi connectivity index (χ2n) is 9.57. The first-order chi connectivity index (χ1) is 18.7. The molecule has 1 aromatic carbocycles. The van der Waals surface area contributed by atoms with Gasteiger partial charge in [-0.2, -0.15) is 0 Å². The van der Waals surface area contributed by atoms with E-state index in [9.17, 15) is 0 Å². The molecule has 0 aliphatic rings. The van der Waals surface area contributed by atoms with Crippen molar-refractivity contribution in [1.82, 2.24) is 0 Å². The summed E-state index contributed by atoms with van der Waals surface area (Å²) in [5.74, 6) is 3.59. The maximum absolute atomic E-state index is 5.95. The topological polar surface area (TPSA) is 0 Å². The SMILES string of the molecule is C#C/C(C)=C(/C=C\C)CCCC(C)CCC.C=C.C=Cc1cc(C=C)c(Cl)cc1C.CCCC.CCCCC. The highest BCUT2D eigenvalue weighted by Crippen LogP contribution is 2.22. The molecule has 0 saturated heterocycles. The molecule has 0 spiro atoms. The summed E-state index contributed by atoms with van der Waals surface area (Å²) in [6, 6.07) is 3.91. The van der Waals surface area contributed by atoms with E-state index in [2.05, 4.69) is 85.9 Å². The van der Waals surface area contributed by atoms with Gasteiger partial charge in [0.25, 0.3) is 0 Å². The molecular weight excluding hydrogens is 492 g/mol. The minimum Gasteiger partial charge on any atom is -0.115 e. The zero-order valence-electron chi connectivity index (χ0n) is 27.4. The van der Waals surface area contributed by atoms with Gasteiger partial charge in [-0.3, -0.25) is 0 Å². The molecule has 0 bridgehead atoms. The van der Waals surface area contributed by atoms with E-state index >= 15 is 0 Å². The number of benzene rings is 1. The summed E-state index contributed by atoms with van der Waals surface area (Å²) in [7, 11) is 0. The van der Waals surface area contributed by atoms with E-state index in [1.807, 2.05) is 39.0 Å². The minimum atomic E-state index is 0.744. The molecule has 0 fully saturated rings. The molecule has 0 heterocycles. The van der Waals surface area contributed by atoms with Crippen molar-refractivity contribution in [3.63, 3.8) is 0 Å². The largest absolute Gasteiger partial charge is 0.115 e. The molecule has 0 saturated carbocycles. The molecule has 0 N–H and O–H groups in total. The Morgan fingerprint density at radius 2 is 1.44 bits per heavy atom. The zero-order chi connectivity index (χ0) is 31.1. The fraction of sp³-hybridized carbons (Fsp3) is 0.526. The van der Waals surface area contributed by atoms with Crippen molar-refractivity contribution in [2.45, 2.75) is 127 Å². The van der Waals surface area contributed by atoms with Crippen molar-refractivity contribution in [3.05, 3.63) is 83.5 Å². The fourth-order valence-corrected chi connectivity index (χ4v) is 3.70. The normalized spacial score (nSPS) is 10.9. The Morgan fingerprint density at radius 1 is 0.897 bits per heavy atom. The van der Waals surface area contributed by atoms with Crippen molar-refractivity contribution in [3.8, 4) is 12.3 Å². The maximum Gasteiger partial charge on any atom is 0.0481 e. The van der Waals surface area contributed by atoms with Crippen LogP contribution in [0.2, 0.25) is 5.02 Å². The maximum atomic E-state index is 5.95. The third-order valence-electron chi connectivity index (χ3n) is 6.02. The van der Waals surface area contributed by atoms with Crippen molar-refractivity contribution in [2.75, 3.05) is 0 Å². The van der Waals surface area contributed by atoms with Gasteiger partial charge in [0, 0.05) is 10.6 Å². The lowest BCUT2D eigenvalue weighted by Crippen LogP contribution is -1.94. The molecule has 1 atom stereocenters. The number of unbranched alkanes of at least 4 members (excludes halogenated alkanes) is 3. The van der Waals surface area contributed by atoms with Crippen LogP contribution >= 0.6 is 11.6 Å². The van der Waals surface area contributed by atoms with Gasteiger partial charge in [0.2, 0.25) is 0 Å². The van der Waals surface area contributed by atoms with E-state index in [0.717, 1.165) is 39.6 Å². The first kappa shape index (κ1) is 43.8. The molecule has 0 nitrogen and oxygen atoms in total. The summed E-state index contributed by atoms with van der Waals surface area (Å²) in [6.45, 7) is 32.9. The lowest BCUT2D eigenvalue weighted by molar-refractivity contribution is 0.470. The van der Waals surface area contributed by atoms with Crippen LogP contribution in [0, 0.1) is 25.2 Å². The summed E-state index contributed by atoms with van der Waals surface area (Å²) >= 11 is 5.95. The molecule has 1 unspecified atom stereocenters. The van der Waals surface area contributed by atoms with Gasteiger partial charge in [-0.1, -0.05) is 148 Å². The van der Waals surface area contributed by atoms with Crippen LogP contribution in [0.4, 0.5) is 0 Å². The van der Waals surface area contributed by atoms with E-state index in [4.69, 9.17) is 18.0 Å². The Morgan fingerprint density at radius 3 is 1.79 bits per heavy atom. The van der Waals surface area contributed by atoms with E-state index in [1.165, 1.54) is 63.4 Å². The van der Waals surface area contributed by atoms with Gasteiger partial charge in [-0.25, -0.2) is 0 Å². The van der Waals surface area contributed by atoms with Gasteiger partial charge in [0.15, 0.2) is 0 Å². The molecule has 0 aliphatic heterocycles. The highest BCUT2D eigenvalue weighted by molar-refractivity contribution is 6.32. The number of hydrogen-bond donors (Lipinski definition) is 0. The summed E-state index contributed by atoms with van der Waals surface area (Å²) in [4.78, 5) is 0. The quantitative estimate of drug-likeness (QED) is 0.137. The molecule has 1 heteroatoms. The fourth-order valence-electron chi connectivity index (χ4n) is 3.40. The van der Waals surface area contributed by atoms with E-state index in [-0.39, 0.29) is 0 Å². The van der Waals surface area contributed by atoms with Crippen LogP contribution in [-0.2, 0) is 0 Å². The second kappa shape index (κ2) is 33.8. The molecule has 0 amide bonds.